The van der Waals surface area contributed by atoms with Crippen molar-refractivity contribution >= 4 is 37.4 Å². The first kappa shape index (κ1) is 32.6. The maximum absolute atomic E-state index is 12.2. The first-order valence-electron chi connectivity index (χ1n) is 12.0. The zero-order valence-corrected chi connectivity index (χ0v) is 24.1. The molecule has 4 nitrogen and oxygen atoms in total. The van der Waals surface area contributed by atoms with Crippen LogP contribution in [0, 0.1) is 0 Å². The van der Waals surface area contributed by atoms with Crippen LogP contribution in [0.1, 0.15) is 123 Å². The summed E-state index contributed by atoms with van der Waals surface area (Å²) in [6.07, 6.45) is -0.896. The molecule has 0 heterocycles. The van der Waals surface area contributed by atoms with Crippen molar-refractivity contribution < 1.29 is 18.9 Å². The fourth-order valence-corrected chi connectivity index (χ4v) is 4.31. The van der Waals surface area contributed by atoms with Gasteiger partial charge in [0.2, 0.25) is 0 Å². The molecule has 2 N–H and O–H groups in total. The third-order valence-electron chi connectivity index (χ3n) is 6.22. The Labute approximate surface area is 235 Å². The zero-order valence-electron chi connectivity index (χ0n) is 23.2. The Morgan fingerprint density at radius 1 is 0.571 bits per heavy atom. The Morgan fingerprint density at radius 2 is 0.800 bits per heavy atom. The van der Waals surface area contributed by atoms with Crippen molar-refractivity contribution in [2.24, 2.45) is 0 Å². The fraction of sp³-hybridized carbons (Fsp3) is 0.586. The second-order valence-electron chi connectivity index (χ2n) is 13.7. The molecule has 0 amide bonds. The summed E-state index contributed by atoms with van der Waals surface area (Å²) >= 11 is 0. The SMILES string of the molecule is CC(C)(C)c1cc(C(OP(=O)(O)O)c2cc(C(C)(C)C)cc(C(C)(C)C)c2)cc(C(C)(C)C)c1.[NaH]. The van der Waals surface area contributed by atoms with E-state index < -0.39 is 13.9 Å². The number of rotatable bonds is 4. The van der Waals surface area contributed by atoms with Gasteiger partial charge in [0.15, 0.2) is 0 Å². The molecule has 0 bridgehead atoms. The van der Waals surface area contributed by atoms with E-state index in [0.29, 0.717) is 0 Å². The van der Waals surface area contributed by atoms with E-state index in [1.165, 1.54) is 0 Å². The normalized spacial score (nSPS) is 13.7. The van der Waals surface area contributed by atoms with Gasteiger partial charge >= 0.3 is 37.4 Å². The van der Waals surface area contributed by atoms with Crippen LogP contribution in [0.5, 0.6) is 0 Å². The van der Waals surface area contributed by atoms with Crippen LogP contribution in [-0.2, 0) is 30.7 Å². The molecule has 0 aliphatic carbocycles. The van der Waals surface area contributed by atoms with Gasteiger partial charge < -0.3 is 9.79 Å². The van der Waals surface area contributed by atoms with E-state index in [0.717, 1.165) is 33.4 Å². The standard InChI is InChI=1S/C29H45O4P.Na.H/c1-26(2,3)21-13-19(14-22(17-21)27(4,5)6)25(33-34(30,31)32)20-15-23(28(7,8)9)18-24(16-20)29(10,11)12;;/h13-18,25H,1-12H3,(H2,30,31,32);;. The molecule has 0 saturated heterocycles. The van der Waals surface area contributed by atoms with E-state index in [1.54, 1.807) is 0 Å². The topological polar surface area (TPSA) is 66.8 Å². The number of phosphoric ester groups is 1. The second kappa shape index (κ2) is 10.7. The molecular formula is C29H46NaO4P. The van der Waals surface area contributed by atoms with Gasteiger partial charge in [0.25, 0.3) is 0 Å². The number of benzene rings is 2. The predicted molar refractivity (Wildman–Crippen MR) is 150 cm³/mol. The third-order valence-corrected chi connectivity index (χ3v) is 6.71. The van der Waals surface area contributed by atoms with Gasteiger partial charge in [-0.1, -0.05) is 119 Å². The van der Waals surface area contributed by atoms with Gasteiger partial charge in [0.05, 0.1) is 0 Å². The van der Waals surface area contributed by atoms with E-state index in [1.807, 2.05) is 24.3 Å². The molecule has 0 aromatic heterocycles. The van der Waals surface area contributed by atoms with Crippen LogP contribution in [0.3, 0.4) is 0 Å². The van der Waals surface area contributed by atoms with Crippen LogP contribution in [0.25, 0.3) is 0 Å². The minimum absolute atomic E-state index is 0. The van der Waals surface area contributed by atoms with E-state index in [9.17, 15) is 14.4 Å². The van der Waals surface area contributed by atoms with Gasteiger partial charge in [0, 0.05) is 0 Å². The zero-order chi connectivity index (χ0) is 26.5. The van der Waals surface area contributed by atoms with E-state index in [2.05, 4.69) is 95.2 Å². The molecule has 0 fully saturated rings. The van der Waals surface area contributed by atoms with Gasteiger partial charge in [-0.15, -0.1) is 0 Å². The molecule has 0 saturated carbocycles. The van der Waals surface area contributed by atoms with E-state index in [4.69, 9.17) is 4.52 Å². The molecule has 192 valence electrons. The number of phosphoric acid groups is 1. The summed E-state index contributed by atoms with van der Waals surface area (Å²) in [5.41, 5.74) is 5.42. The van der Waals surface area contributed by atoms with Crippen LogP contribution in [0.15, 0.2) is 36.4 Å². The molecule has 0 atom stereocenters. The van der Waals surface area contributed by atoms with Crippen molar-refractivity contribution in [2.45, 2.75) is 111 Å². The first-order valence-corrected chi connectivity index (χ1v) is 13.6. The van der Waals surface area contributed by atoms with E-state index >= 15 is 0 Å². The number of hydrogen-bond acceptors (Lipinski definition) is 2. The molecule has 2 aromatic rings. The second-order valence-corrected chi connectivity index (χ2v) is 14.9. The number of hydrogen-bond donors (Lipinski definition) is 2. The predicted octanol–water partition coefficient (Wildman–Crippen LogP) is 7.43. The quantitative estimate of drug-likeness (QED) is 0.330. The van der Waals surface area contributed by atoms with Gasteiger partial charge in [-0.05, 0) is 55.0 Å². The van der Waals surface area contributed by atoms with Crippen molar-refractivity contribution in [2.75, 3.05) is 0 Å². The van der Waals surface area contributed by atoms with Crippen molar-refractivity contribution in [3.8, 4) is 0 Å². The van der Waals surface area contributed by atoms with Crippen LogP contribution in [-0.4, -0.2) is 39.3 Å². The summed E-state index contributed by atoms with van der Waals surface area (Å²) < 4.78 is 17.7. The summed E-state index contributed by atoms with van der Waals surface area (Å²) in [5.74, 6) is 0. The average Bonchev–Trinajstić information content (AvgIpc) is 2.62. The molecule has 0 radical (unpaired) electrons. The van der Waals surface area contributed by atoms with Crippen molar-refractivity contribution in [1.82, 2.24) is 0 Å². The molecular weight excluding hydrogens is 466 g/mol. The van der Waals surface area contributed by atoms with Crippen LogP contribution < -0.4 is 0 Å². The van der Waals surface area contributed by atoms with Gasteiger partial charge in [-0.3, -0.25) is 4.52 Å². The summed E-state index contributed by atoms with van der Waals surface area (Å²) in [5, 5.41) is 0. The van der Waals surface area contributed by atoms with Gasteiger partial charge in [0.1, 0.15) is 6.10 Å². The van der Waals surface area contributed by atoms with Crippen LogP contribution in [0.4, 0.5) is 0 Å². The molecule has 0 spiro atoms. The molecule has 0 aliphatic rings. The van der Waals surface area contributed by atoms with Crippen molar-refractivity contribution in [3.05, 3.63) is 69.8 Å². The summed E-state index contributed by atoms with van der Waals surface area (Å²) in [7, 11) is -4.78. The van der Waals surface area contributed by atoms with Crippen LogP contribution in [0.2, 0.25) is 0 Å². The first-order chi connectivity index (χ1) is 15.0. The summed E-state index contributed by atoms with van der Waals surface area (Å²) in [4.78, 5) is 19.8. The average molecular weight is 513 g/mol. The Bertz CT molecular complexity index is 934. The molecule has 35 heavy (non-hydrogen) atoms. The molecule has 0 unspecified atom stereocenters. The van der Waals surface area contributed by atoms with Gasteiger partial charge in [-0.25, -0.2) is 4.57 Å². The molecule has 0 aliphatic heterocycles. The Kier molecular flexibility index (Phi) is 9.99. The van der Waals surface area contributed by atoms with E-state index in [-0.39, 0.29) is 51.2 Å². The fourth-order valence-electron chi connectivity index (χ4n) is 3.79. The van der Waals surface area contributed by atoms with Crippen molar-refractivity contribution in [1.29, 1.82) is 0 Å². The molecule has 2 rings (SSSR count). The van der Waals surface area contributed by atoms with Crippen molar-refractivity contribution in [3.63, 3.8) is 0 Å². The summed E-state index contributed by atoms with van der Waals surface area (Å²) in [6, 6.07) is 12.5. The van der Waals surface area contributed by atoms with Crippen LogP contribution >= 0.6 is 7.82 Å². The molecule has 2 aromatic carbocycles. The Balaban J connectivity index is 0.00000612. The van der Waals surface area contributed by atoms with Gasteiger partial charge in [-0.2, -0.15) is 0 Å². The maximum atomic E-state index is 12.2. The Morgan fingerprint density at radius 3 is 0.971 bits per heavy atom. The minimum atomic E-state index is -4.78. The Hall–Kier alpha value is -0.450. The summed E-state index contributed by atoms with van der Waals surface area (Å²) in [6.45, 7) is 25.8. The monoisotopic (exact) mass is 512 g/mol. The third kappa shape index (κ3) is 9.11. The molecule has 6 heteroatoms.